The van der Waals surface area contributed by atoms with Gasteiger partial charge < -0.3 is 9.80 Å². The molecule has 12 heteroatoms. The van der Waals surface area contributed by atoms with Crippen molar-refractivity contribution in [3.8, 4) is 22.4 Å². The van der Waals surface area contributed by atoms with Crippen LogP contribution in [0.15, 0.2) is 67.1 Å². The Hall–Kier alpha value is -5.49. The Morgan fingerprint density at radius 3 is 2.15 bits per heavy atom. The van der Waals surface area contributed by atoms with E-state index in [2.05, 4.69) is 43.1 Å². The van der Waals surface area contributed by atoms with Crippen LogP contribution in [0.4, 0.5) is 5.69 Å². The molecule has 6 heterocycles. The van der Waals surface area contributed by atoms with Crippen LogP contribution in [-0.2, 0) is 16.0 Å². The molecule has 4 aliphatic heterocycles. The number of carbonyl (C=O) groups is 5. The number of nitrogens with zero attached hydrogens (tertiary/aromatic N) is 6. The van der Waals surface area contributed by atoms with Crippen molar-refractivity contribution in [1.82, 2.24) is 29.9 Å². The van der Waals surface area contributed by atoms with E-state index in [9.17, 15) is 24.0 Å². The van der Waals surface area contributed by atoms with Crippen molar-refractivity contribution in [3.63, 3.8) is 0 Å². The Balaban J connectivity index is 0.847. The number of aromatic nitrogens is 3. The normalized spacial score (nSPS) is 21.5. The molecule has 5 aliphatic rings. The van der Waals surface area contributed by atoms with Gasteiger partial charge in [0.25, 0.3) is 11.8 Å². The first-order chi connectivity index (χ1) is 25.3. The number of amides is 4. The van der Waals surface area contributed by atoms with E-state index in [-0.39, 0.29) is 30.6 Å². The van der Waals surface area contributed by atoms with Crippen LogP contribution in [-0.4, -0.2) is 92.2 Å². The molecule has 3 fully saturated rings. The molecule has 2 aromatic heterocycles. The molecule has 0 radical (unpaired) electrons. The van der Waals surface area contributed by atoms with E-state index in [1.54, 1.807) is 24.5 Å². The van der Waals surface area contributed by atoms with Gasteiger partial charge in [-0.25, -0.2) is 0 Å². The third kappa shape index (κ3) is 5.61. The molecular weight excluding hydrogens is 658 g/mol. The summed E-state index contributed by atoms with van der Waals surface area (Å²) in [5.74, 6) is -1.72. The molecule has 4 aromatic rings. The van der Waals surface area contributed by atoms with Crippen LogP contribution in [0, 0.1) is 0 Å². The zero-order valence-electron chi connectivity index (χ0n) is 28.8. The SMILES string of the molecule is O=C1CCC(N2C(=O)c3ccc(N4CCC(N5CCC(n6cc(-c7ccc8c(c7)CCC8=O)c(-c7ccncc7)n6)CC5)CC4)cc3C2=O)C(=O)N1. The molecule has 4 amide bonds. The Morgan fingerprint density at radius 1 is 0.654 bits per heavy atom. The zero-order chi connectivity index (χ0) is 35.5. The number of piperidine rings is 3. The average Bonchev–Trinajstić information content (AvgIpc) is 3.86. The number of fused-ring (bicyclic) bond motifs is 2. The highest BCUT2D eigenvalue weighted by molar-refractivity contribution is 6.23. The second-order valence-corrected chi connectivity index (χ2v) is 14.6. The van der Waals surface area contributed by atoms with Gasteiger partial charge in [0.05, 0.1) is 17.2 Å². The van der Waals surface area contributed by atoms with Gasteiger partial charge in [-0.15, -0.1) is 0 Å². The zero-order valence-corrected chi connectivity index (χ0v) is 28.8. The summed E-state index contributed by atoms with van der Waals surface area (Å²) in [6, 6.07) is 15.3. The maximum atomic E-state index is 13.4. The maximum absolute atomic E-state index is 13.4. The fraction of sp³-hybridized carbons (Fsp3) is 0.375. The van der Waals surface area contributed by atoms with Gasteiger partial charge >= 0.3 is 0 Å². The minimum Gasteiger partial charge on any atom is -0.371 e. The lowest BCUT2D eigenvalue weighted by Gasteiger charge is -2.42. The third-order valence-electron chi connectivity index (χ3n) is 11.7. The molecule has 1 aliphatic carbocycles. The Kier molecular flexibility index (Phi) is 8.06. The fourth-order valence-electron chi connectivity index (χ4n) is 8.80. The number of likely N-dealkylation sites (tertiary alicyclic amines) is 1. The topological polar surface area (TPSA) is 138 Å². The summed E-state index contributed by atoms with van der Waals surface area (Å²) >= 11 is 0. The summed E-state index contributed by atoms with van der Waals surface area (Å²) in [7, 11) is 0. The molecule has 3 saturated heterocycles. The molecule has 0 bridgehead atoms. The lowest BCUT2D eigenvalue weighted by Crippen LogP contribution is -2.54. The van der Waals surface area contributed by atoms with E-state index < -0.39 is 23.8 Å². The number of Topliss-reactive ketones (excluding diaryl/α,β-unsaturated/α-hetero) is 1. The minimum absolute atomic E-state index is 0.0968. The van der Waals surface area contributed by atoms with Crippen LogP contribution in [0.5, 0.6) is 0 Å². The lowest BCUT2D eigenvalue weighted by atomic mass is 9.97. The van der Waals surface area contributed by atoms with Gasteiger partial charge in [-0.05, 0) is 80.0 Å². The second kappa shape index (κ2) is 12.9. The number of rotatable bonds is 6. The molecule has 1 atom stereocenters. The standard InChI is InChI=1S/C40H39N7O5/c48-35-7-2-25-21-26(1-4-30(25)35)33-23-46(43-37(33)24-9-15-41-16-10-24)28-13-19-44(20-14-28)27-11-17-45(18-12-27)29-3-5-31-32(22-29)40(52)47(39(31)51)34-6-8-36(49)42-38(34)50/h1,3-5,9-10,15-16,21-23,27-28,34H,2,6-8,11-14,17-20H2,(H,42,49,50). The monoisotopic (exact) mass is 697 g/mol. The smallest absolute Gasteiger partial charge is 0.262 e. The van der Waals surface area contributed by atoms with Gasteiger partial charge in [-0.2, -0.15) is 5.10 Å². The number of pyridine rings is 1. The number of benzene rings is 2. The predicted octanol–water partition coefficient (Wildman–Crippen LogP) is 4.45. The van der Waals surface area contributed by atoms with Gasteiger partial charge in [-0.1, -0.05) is 18.2 Å². The van der Waals surface area contributed by atoms with E-state index in [0.29, 0.717) is 23.6 Å². The van der Waals surface area contributed by atoms with E-state index in [1.807, 2.05) is 24.3 Å². The van der Waals surface area contributed by atoms with Gasteiger partial charge in [0, 0.05) is 86.0 Å². The van der Waals surface area contributed by atoms with Crippen molar-refractivity contribution in [1.29, 1.82) is 0 Å². The van der Waals surface area contributed by atoms with E-state index >= 15 is 0 Å². The van der Waals surface area contributed by atoms with Crippen LogP contribution in [0.3, 0.4) is 0 Å². The van der Waals surface area contributed by atoms with Crippen molar-refractivity contribution >= 4 is 35.1 Å². The first-order valence-corrected chi connectivity index (χ1v) is 18.3. The van der Waals surface area contributed by atoms with Crippen LogP contribution >= 0.6 is 0 Å². The molecule has 0 spiro atoms. The van der Waals surface area contributed by atoms with Crippen LogP contribution in [0.1, 0.15) is 87.6 Å². The summed E-state index contributed by atoms with van der Waals surface area (Å²) in [6.45, 7) is 3.66. The van der Waals surface area contributed by atoms with Gasteiger partial charge in [0.2, 0.25) is 11.8 Å². The first-order valence-electron chi connectivity index (χ1n) is 18.3. The summed E-state index contributed by atoms with van der Waals surface area (Å²) in [6.07, 6.45) is 11.4. The number of aryl methyl sites for hydroxylation is 1. The van der Waals surface area contributed by atoms with E-state index in [4.69, 9.17) is 5.10 Å². The predicted molar refractivity (Wildman–Crippen MR) is 192 cm³/mol. The van der Waals surface area contributed by atoms with Crippen LogP contribution in [0.2, 0.25) is 0 Å². The molecule has 12 nitrogen and oxygen atoms in total. The number of hydrogen-bond donors (Lipinski definition) is 1. The van der Waals surface area contributed by atoms with Crippen LogP contribution in [0.25, 0.3) is 22.4 Å². The molecule has 9 rings (SSSR count). The maximum Gasteiger partial charge on any atom is 0.262 e. The minimum atomic E-state index is -0.968. The highest BCUT2D eigenvalue weighted by atomic mass is 16.2. The molecule has 264 valence electrons. The number of imide groups is 2. The van der Waals surface area contributed by atoms with Crippen LogP contribution < -0.4 is 10.2 Å². The van der Waals surface area contributed by atoms with Crippen molar-refractivity contribution in [3.05, 3.63) is 89.4 Å². The fourth-order valence-corrected chi connectivity index (χ4v) is 8.80. The third-order valence-corrected chi connectivity index (χ3v) is 11.7. The van der Waals surface area contributed by atoms with Crippen molar-refractivity contribution in [2.75, 3.05) is 31.1 Å². The molecule has 2 aromatic carbocycles. The lowest BCUT2D eigenvalue weighted by molar-refractivity contribution is -0.136. The second-order valence-electron chi connectivity index (χ2n) is 14.6. The number of ketones is 1. The van der Waals surface area contributed by atoms with Gasteiger partial charge in [-0.3, -0.25) is 43.9 Å². The van der Waals surface area contributed by atoms with E-state index in [1.165, 1.54) is 0 Å². The summed E-state index contributed by atoms with van der Waals surface area (Å²) in [4.78, 5) is 73.0. The molecule has 0 saturated carbocycles. The number of anilines is 1. The number of nitrogens with one attached hydrogen (secondary N) is 1. The molecular formula is C40H39N7O5. The van der Waals surface area contributed by atoms with Gasteiger partial charge in [0.15, 0.2) is 5.78 Å². The largest absolute Gasteiger partial charge is 0.371 e. The average molecular weight is 698 g/mol. The highest BCUT2D eigenvalue weighted by Gasteiger charge is 2.45. The van der Waals surface area contributed by atoms with Gasteiger partial charge in [0.1, 0.15) is 11.7 Å². The number of hydrogen-bond acceptors (Lipinski definition) is 9. The molecule has 1 unspecified atom stereocenters. The quantitative estimate of drug-likeness (QED) is 0.290. The summed E-state index contributed by atoms with van der Waals surface area (Å²) in [5.41, 5.74) is 7.60. The summed E-state index contributed by atoms with van der Waals surface area (Å²) < 4.78 is 2.16. The first kappa shape index (κ1) is 32.4. The molecule has 1 N–H and O–H groups in total. The number of carbonyl (C=O) groups excluding carboxylic acids is 5. The van der Waals surface area contributed by atoms with Crippen molar-refractivity contribution in [2.24, 2.45) is 0 Å². The Morgan fingerprint density at radius 2 is 1.38 bits per heavy atom. The van der Waals surface area contributed by atoms with Crippen molar-refractivity contribution < 1.29 is 24.0 Å². The Labute approximate surface area is 300 Å². The van der Waals surface area contributed by atoms with Crippen molar-refractivity contribution in [2.45, 2.75) is 69.5 Å². The molecule has 52 heavy (non-hydrogen) atoms. The Bertz CT molecular complexity index is 2130. The van der Waals surface area contributed by atoms with E-state index in [0.717, 1.165) is 102 Å². The highest BCUT2D eigenvalue weighted by Crippen LogP contribution is 2.37. The summed E-state index contributed by atoms with van der Waals surface area (Å²) in [5, 5.41) is 7.41.